The minimum atomic E-state index is 1.34. The fourth-order valence-electron chi connectivity index (χ4n) is 2.48. The number of rotatable bonds is 2. The molecule has 0 aliphatic rings. The van der Waals surface area contributed by atoms with E-state index in [0.29, 0.717) is 0 Å². The van der Waals surface area contributed by atoms with E-state index in [4.69, 9.17) is 0 Å². The third-order valence-corrected chi connectivity index (χ3v) is 3.49. The molecule has 0 nitrogen and oxygen atoms in total. The smallest absolute Gasteiger partial charge is 0.0149 e. The summed E-state index contributed by atoms with van der Waals surface area (Å²) >= 11 is 0. The maximum atomic E-state index is 2.21. The van der Waals surface area contributed by atoms with E-state index in [9.17, 15) is 0 Å². The molecule has 0 fully saturated rings. The van der Waals surface area contributed by atoms with Gasteiger partial charge in [-0.25, -0.2) is 0 Å². The predicted octanol–water partition coefficient (Wildman–Crippen LogP) is 3.97. The van der Waals surface area contributed by atoms with Gasteiger partial charge in [0.05, 0.1) is 0 Å². The maximum absolute atomic E-state index is 2.21. The Bertz CT molecular complexity index is 541. The predicted molar refractivity (Wildman–Crippen MR) is 84.9 cm³/mol. The molecule has 0 heterocycles. The highest BCUT2D eigenvalue weighted by atomic mass is 14.1. The SMILES string of the molecule is C/C=C\c1c(C)c(C)c(/C=C\C)c(=C/C)/c1=C\C. The average Bonchev–Trinajstić information content (AvgIpc) is 2.38. The number of hydrogen-bond donors (Lipinski definition) is 0. The Kier molecular flexibility index (Phi) is 5.15. The molecular formula is C18H24. The first-order valence-corrected chi connectivity index (χ1v) is 6.63. The van der Waals surface area contributed by atoms with Crippen LogP contribution in [-0.2, 0) is 0 Å². The van der Waals surface area contributed by atoms with E-state index < -0.39 is 0 Å². The molecule has 0 atom stereocenters. The zero-order valence-electron chi connectivity index (χ0n) is 12.5. The molecule has 1 rings (SSSR count). The second-order valence-electron chi connectivity index (χ2n) is 4.48. The van der Waals surface area contributed by atoms with E-state index in [1.807, 2.05) is 0 Å². The van der Waals surface area contributed by atoms with Crippen LogP contribution < -0.4 is 10.4 Å². The Morgan fingerprint density at radius 2 is 0.944 bits per heavy atom. The number of benzene rings is 1. The lowest BCUT2D eigenvalue weighted by Gasteiger charge is -2.12. The van der Waals surface area contributed by atoms with E-state index in [0.717, 1.165) is 0 Å². The van der Waals surface area contributed by atoms with Gasteiger partial charge in [0.2, 0.25) is 0 Å². The molecule has 1 aromatic rings. The molecule has 0 aliphatic heterocycles. The van der Waals surface area contributed by atoms with Gasteiger partial charge in [0.1, 0.15) is 0 Å². The first-order chi connectivity index (χ1) is 8.62. The fourth-order valence-corrected chi connectivity index (χ4v) is 2.48. The van der Waals surface area contributed by atoms with Crippen LogP contribution in [0.4, 0.5) is 0 Å². The molecule has 0 heteroatoms. The molecule has 0 bridgehead atoms. The van der Waals surface area contributed by atoms with Crippen LogP contribution in [0.1, 0.15) is 49.9 Å². The molecule has 0 amide bonds. The molecule has 0 radical (unpaired) electrons. The molecule has 0 saturated heterocycles. The fraction of sp³-hybridized carbons (Fsp3) is 0.333. The van der Waals surface area contributed by atoms with Crippen LogP contribution in [0.5, 0.6) is 0 Å². The maximum Gasteiger partial charge on any atom is -0.0149 e. The normalized spacial score (nSPS) is 14.3. The number of allylic oxidation sites excluding steroid dienone is 2. The third kappa shape index (κ3) is 2.48. The molecule has 0 unspecified atom stereocenters. The largest absolute Gasteiger partial charge is 0.0870 e. The summed E-state index contributed by atoms with van der Waals surface area (Å²) < 4.78 is 0. The Morgan fingerprint density at radius 3 is 1.17 bits per heavy atom. The minimum absolute atomic E-state index is 1.34. The summed E-state index contributed by atoms with van der Waals surface area (Å²) in [6.45, 7) is 12.8. The zero-order valence-corrected chi connectivity index (χ0v) is 12.5. The summed E-state index contributed by atoms with van der Waals surface area (Å²) in [6.07, 6.45) is 13.1. The minimum Gasteiger partial charge on any atom is -0.0870 e. The Labute approximate surface area is 111 Å². The molecule has 1 aromatic carbocycles. The lowest BCUT2D eigenvalue weighted by Crippen LogP contribution is -2.31. The summed E-state index contributed by atoms with van der Waals surface area (Å²) in [7, 11) is 0. The van der Waals surface area contributed by atoms with Gasteiger partial charge in [0.15, 0.2) is 0 Å². The van der Waals surface area contributed by atoms with Gasteiger partial charge in [-0.1, -0.05) is 36.5 Å². The van der Waals surface area contributed by atoms with Crippen molar-refractivity contribution in [2.75, 3.05) is 0 Å². The van der Waals surface area contributed by atoms with Crippen LogP contribution in [-0.4, -0.2) is 0 Å². The zero-order chi connectivity index (χ0) is 13.7. The molecular weight excluding hydrogens is 216 g/mol. The van der Waals surface area contributed by atoms with Crippen LogP contribution >= 0.6 is 0 Å². The molecule has 0 aliphatic carbocycles. The second-order valence-corrected chi connectivity index (χ2v) is 4.48. The number of hydrogen-bond acceptors (Lipinski definition) is 0. The molecule has 0 spiro atoms. The molecule has 0 aromatic heterocycles. The monoisotopic (exact) mass is 240 g/mol. The van der Waals surface area contributed by atoms with Gasteiger partial charge >= 0.3 is 0 Å². The molecule has 0 saturated carbocycles. The van der Waals surface area contributed by atoms with Crippen molar-refractivity contribution >= 4 is 24.3 Å². The van der Waals surface area contributed by atoms with E-state index >= 15 is 0 Å². The first kappa shape index (κ1) is 14.5. The molecule has 0 N–H and O–H groups in total. The van der Waals surface area contributed by atoms with Crippen LogP contribution in [0, 0.1) is 13.8 Å². The molecule has 96 valence electrons. The van der Waals surface area contributed by atoms with Crippen molar-refractivity contribution in [3.63, 3.8) is 0 Å². The topological polar surface area (TPSA) is 0 Å². The average molecular weight is 240 g/mol. The quantitative estimate of drug-likeness (QED) is 0.734. The standard InChI is InChI=1S/C18H24/c1-7-11-17-13(5)14(6)18(12-8-2)16(10-4)15(17)9-3/h7-12H,1-6H3/b11-7-,12-8-,15-9+,16-10+. The lowest BCUT2D eigenvalue weighted by molar-refractivity contribution is 1.26. The van der Waals surface area contributed by atoms with Gasteiger partial charge in [-0.05, 0) is 74.2 Å². The highest BCUT2D eigenvalue weighted by molar-refractivity contribution is 5.66. The Balaban J connectivity index is 4.01. The van der Waals surface area contributed by atoms with Crippen molar-refractivity contribution in [2.24, 2.45) is 0 Å². The highest BCUT2D eigenvalue weighted by Crippen LogP contribution is 2.14. The summed E-state index contributed by atoms with van der Waals surface area (Å²) in [5, 5.41) is 2.68. The second kappa shape index (κ2) is 6.39. The van der Waals surface area contributed by atoms with Gasteiger partial charge in [0.25, 0.3) is 0 Å². The van der Waals surface area contributed by atoms with E-state index in [1.54, 1.807) is 0 Å². The summed E-state index contributed by atoms with van der Waals surface area (Å²) in [5.41, 5.74) is 5.44. The Hall–Kier alpha value is -1.56. The summed E-state index contributed by atoms with van der Waals surface area (Å²) in [6, 6.07) is 0. The summed E-state index contributed by atoms with van der Waals surface area (Å²) in [4.78, 5) is 0. The summed E-state index contributed by atoms with van der Waals surface area (Å²) in [5.74, 6) is 0. The first-order valence-electron chi connectivity index (χ1n) is 6.63. The van der Waals surface area contributed by atoms with Crippen LogP contribution in [0.2, 0.25) is 0 Å². The van der Waals surface area contributed by atoms with Crippen LogP contribution in [0.3, 0.4) is 0 Å². The van der Waals surface area contributed by atoms with Gasteiger partial charge in [-0.2, -0.15) is 0 Å². The Morgan fingerprint density at radius 1 is 0.611 bits per heavy atom. The van der Waals surface area contributed by atoms with Crippen LogP contribution in [0.25, 0.3) is 24.3 Å². The van der Waals surface area contributed by atoms with E-state index in [1.165, 1.54) is 32.7 Å². The van der Waals surface area contributed by atoms with Crippen molar-refractivity contribution in [3.8, 4) is 0 Å². The highest BCUT2D eigenvalue weighted by Gasteiger charge is 2.07. The van der Waals surface area contributed by atoms with Gasteiger partial charge < -0.3 is 0 Å². The van der Waals surface area contributed by atoms with Crippen molar-refractivity contribution in [2.45, 2.75) is 41.5 Å². The molecule has 18 heavy (non-hydrogen) atoms. The van der Waals surface area contributed by atoms with Crippen molar-refractivity contribution in [1.82, 2.24) is 0 Å². The van der Waals surface area contributed by atoms with Crippen molar-refractivity contribution < 1.29 is 0 Å². The van der Waals surface area contributed by atoms with Crippen LogP contribution in [0.15, 0.2) is 12.2 Å². The third-order valence-electron chi connectivity index (χ3n) is 3.49. The van der Waals surface area contributed by atoms with E-state index in [2.05, 4.69) is 78.0 Å². The lowest BCUT2D eigenvalue weighted by atomic mass is 9.92. The van der Waals surface area contributed by atoms with Crippen molar-refractivity contribution in [3.05, 3.63) is 44.8 Å². The van der Waals surface area contributed by atoms with Gasteiger partial charge in [-0.3, -0.25) is 0 Å². The van der Waals surface area contributed by atoms with Gasteiger partial charge in [-0.15, -0.1) is 0 Å². The van der Waals surface area contributed by atoms with Gasteiger partial charge in [0, 0.05) is 0 Å². The van der Waals surface area contributed by atoms with E-state index in [-0.39, 0.29) is 0 Å². The van der Waals surface area contributed by atoms with Crippen molar-refractivity contribution in [1.29, 1.82) is 0 Å².